The number of para-hydroxylation sites is 1. The number of nitriles is 1. The summed E-state index contributed by atoms with van der Waals surface area (Å²) < 4.78 is 37.2. The number of hydrogen-bond acceptors (Lipinski definition) is 4. The number of anilines is 2. The largest absolute Gasteiger partial charge is 3.00 e. The minimum Gasteiger partial charge on any atom is -0.660 e. The molecule has 0 spiro atoms. The summed E-state index contributed by atoms with van der Waals surface area (Å²) in [6.07, 6.45) is 1.49. The summed E-state index contributed by atoms with van der Waals surface area (Å²) >= 11 is 0. The number of hydrogen-bond donors (Lipinski definition) is 0. The molecule has 0 N–H and O–H groups in total. The summed E-state index contributed by atoms with van der Waals surface area (Å²) in [4.78, 5) is 6.82. The van der Waals surface area contributed by atoms with Gasteiger partial charge in [-0.15, -0.1) is 46.6 Å². The van der Waals surface area contributed by atoms with E-state index in [-0.39, 0.29) is 31.1 Å². The Bertz CT molecular complexity index is 3010. The van der Waals surface area contributed by atoms with Gasteiger partial charge in [-0.1, -0.05) is 139 Å². The molecular formula is C52H49IrN4OSi. The average molecular weight is 970 g/mol. The molecule has 0 amide bonds. The molecule has 2 aromatic heterocycles. The van der Waals surface area contributed by atoms with Crippen LogP contribution < -0.4 is 10.1 Å². The van der Waals surface area contributed by atoms with Crippen LogP contribution in [0.2, 0.25) is 19.6 Å². The molecule has 1 aliphatic heterocycles. The van der Waals surface area contributed by atoms with Crippen LogP contribution in [0.4, 0.5) is 17.1 Å². The van der Waals surface area contributed by atoms with Gasteiger partial charge in [0.15, 0.2) is 0 Å². The maximum Gasteiger partial charge on any atom is 3.00 e. The van der Waals surface area contributed by atoms with Gasteiger partial charge in [-0.05, 0) is 74.5 Å². The normalized spacial score (nSPS) is 15.2. The van der Waals surface area contributed by atoms with Crippen LogP contribution in [0.5, 0.6) is 0 Å². The minimum atomic E-state index is -2.13. The van der Waals surface area contributed by atoms with Crippen LogP contribution in [0.3, 0.4) is 0 Å². The van der Waals surface area contributed by atoms with Crippen molar-refractivity contribution in [3.63, 3.8) is 0 Å². The van der Waals surface area contributed by atoms with Gasteiger partial charge < -0.3 is 19.6 Å². The molecule has 0 aliphatic carbocycles. The first-order chi connectivity index (χ1) is 29.2. The Morgan fingerprint density at radius 2 is 1.64 bits per heavy atom. The summed E-state index contributed by atoms with van der Waals surface area (Å²) in [7, 11) is -1.61. The molecule has 59 heavy (non-hydrogen) atoms. The van der Waals surface area contributed by atoms with Crippen LogP contribution in [0.25, 0.3) is 49.3 Å². The Morgan fingerprint density at radius 3 is 2.31 bits per heavy atom. The van der Waals surface area contributed by atoms with Crippen molar-refractivity contribution in [1.82, 2.24) is 4.98 Å². The number of furan rings is 1. The zero-order chi connectivity index (χ0) is 44.4. The summed E-state index contributed by atoms with van der Waals surface area (Å²) in [5, 5.41) is 20.4. The fourth-order valence-corrected chi connectivity index (χ4v) is 9.33. The molecule has 5 nitrogen and oxygen atoms in total. The first kappa shape index (κ1) is 36.6. The van der Waals surface area contributed by atoms with Gasteiger partial charge in [-0.2, -0.15) is 12.1 Å². The Balaban J connectivity index is 0.000000207. The number of pyridine rings is 1. The van der Waals surface area contributed by atoms with Gasteiger partial charge in [-0.25, -0.2) is 5.26 Å². The van der Waals surface area contributed by atoms with Crippen molar-refractivity contribution in [2.24, 2.45) is 0 Å². The second-order valence-electron chi connectivity index (χ2n) is 17.2. The molecule has 1 unspecified atom stereocenters. The van der Waals surface area contributed by atoms with E-state index in [0.717, 1.165) is 66.6 Å². The fourth-order valence-electron chi connectivity index (χ4n) is 7.75. The molecule has 6 aromatic carbocycles. The molecule has 3 heterocycles. The van der Waals surface area contributed by atoms with Crippen molar-refractivity contribution in [2.45, 2.75) is 78.6 Å². The quantitative estimate of drug-likeness (QED) is 0.127. The summed E-state index contributed by atoms with van der Waals surface area (Å²) in [6, 6.07) is 46.6. The van der Waals surface area contributed by atoms with Gasteiger partial charge in [-0.3, -0.25) is 0 Å². The summed E-state index contributed by atoms with van der Waals surface area (Å²) in [5.74, 6) is -0.716. The van der Waals surface area contributed by atoms with Crippen LogP contribution in [-0.2, 0) is 25.5 Å². The summed E-state index contributed by atoms with van der Waals surface area (Å²) in [6.45, 7) is 15.1. The second kappa shape index (κ2) is 16.3. The monoisotopic (exact) mass is 970 g/mol. The van der Waals surface area contributed by atoms with E-state index in [0.29, 0.717) is 11.1 Å². The first-order valence-corrected chi connectivity index (χ1v) is 23.2. The van der Waals surface area contributed by atoms with Gasteiger partial charge in [0, 0.05) is 40.1 Å². The van der Waals surface area contributed by atoms with Gasteiger partial charge >= 0.3 is 20.1 Å². The zero-order valence-corrected chi connectivity index (χ0v) is 38.0. The van der Waals surface area contributed by atoms with Crippen molar-refractivity contribution in [3.05, 3.63) is 167 Å². The number of aromatic nitrogens is 1. The molecule has 0 fully saturated rings. The average Bonchev–Trinajstić information content (AvgIpc) is 3.82. The number of nitrogens with zero attached hydrogens (tertiary/aromatic N) is 4. The van der Waals surface area contributed by atoms with Crippen molar-refractivity contribution >= 4 is 63.0 Å². The van der Waals surface area contributed by atoms with Gasteiger partial charge in [0.05, 0.1) is 8.07 Å². The third kappa shape index (κ3) is 7.98. The molecule has 296 valence electrons. The molecule has 7 heteroatoms. The van der Waals surface area contributed by atoms with E-state index < -0.39 is 27.0 Å². The van der Waals surface area contributed by atoms with E-state index in [2.05, 4.69) is 129 Å². The Hall–Kier alpha value is -5.51. The molecule has 0 bridgehead atoms. The Kier molecular flexibility index (Phi) is 10.1. The van der Waals surface area contributed by atoms with Gasteiger partial charge in [0.1, 0.15) is 5.58 Å². The zero-order valence-electron chi connectivity index (χ0n) is 38.7. The molecule has 9 rings (SSSR count). The van der Waals surface area contributed by atoms with E-state index in [9.17, 15) is 5.26 Å². The van der Waals surface area contributed by atoms with E-state index >= 15 is 0 Å². The second-order valence-corrected chi connectivity index (χ2v) is 22.2. The van der Waals surface area contributed by atoms with E-state index in [1.807, 2.05) is 50.4 Å². The molecule has 0 radical (unpaired) electrons. The van der Waals surface area contributed by atoms with E-state index in [1.54, 1.807) is 18.2 Å². The first-order valence-electron chi connectivity index (χ1n) is 21.7. The van der Waals surface area contributed by atoms with Crippen LogP contribution in [0.15, 0.2) is 126 Å². The van der Waals surface area contributed by atoms with E-state index in [4.69, 9.17) is 15.2 Å². The van der Waals surface area contributed by atoms with Gasteiger partial charge in [0.2, 0.25) is 0 Å². The smallest absolute Gasteiger partial charge is 0.660 e. The van der Waals surface area contributed by atoms with Gasteiger partial charge in [0.25, 0.3) is 0 Å². The topological polar surface area (TPSA) is 67.2 Å². The number of fused-ring (bicyclic) bond motifs is 6. The maximum atomic E-state index is 9.91. The van der Waals surface area contributed by atoms with Crippen LogP contribution >= 0.6 is 0 Å². The van der Waals surface area contributed by atoms with Crippen molar-refractivity contribution in [1.29, 1.82) is 5.26 Å². The predicted molar refractivity (Wildman–Crippen MR) is 245 cm³/mol. The Morgan fingerprint density at radius 1 is 0.915 bits per heavy atom. The molecule has 1 aliphatic rings. The van der Waals surface area contributed by atoms with Crippen molar-refractivity contribution < 1.29 is 30.0 Å². The van der Waals surface area contributed by atoms with Crippen LogP contribution in [0, 0.1) is 30.3 Å². The SMILES string of the molecule is CC(C)(C)c1ccc(N2c3ccc4ccccc4c3[N-]C2c2[c-]cc(C#N)c3c2oc2ccccc23)cc1.[2H]C([2H])([2H])c1c[c-]c(-c2cc(C([2H])(C)C)c([Si](C)(C)C)cn2)cc1.[Ir+3]. The fraction of sp³-hybridized carbons (Fsp3) is 0.231. The van der Waals surface area contributed by atoms with Crippen LogP contribution in [-0.4, -0.2) is 13.1 Å². The third-order valence-corrected chi connectivity index (χ3v) is 12.9. The Labute approximate surface area is 369 Å². The predicted octanol–water partition coefficient (Wildman–Crippen LogP) is 14.1. The number of aryl methyl sites for hydroxylation is 1. The molecule has 0 saturated carbocycles. The molecule has 8 aromatic rings. The summed E-state index contributed by atoms with van der Waals surface area (Å²) in [5.41, 5.74) is 9.88. The standard InChI is InChI=1S/C34H25N3O.C18H24NSi.Ir/c1-34(2,3)23-14-16-24(17-15-23)37-28-19-13-21-8-4-5-9-25(21)31(28)36-33(37)27-18-12-22(20-35)30-26-10-6-7-11-29(26)38-32(27)30;1-13(2)16-11-17(15-9-7-14(3)8-10-15)19-12-18(16)20(4,5)6;/h4-17,19,33H,1-3H3;7-9,11-13H,1-6H3;/q-2;-1;+3/i;3D3,13D;. The molecular weight excluding hydrogens is 917 g/mol. The number of rotatable bonds is 5. The third-order valence-electron chi connectivity index (χ3n) is 10.8. The molecule has 0 saturated heterocycles. The number of benzene rings is 6. The van der Waals surface area contributed by atoms with E-state index in [1.165, 1.54) is 16.8 Å². The minimum absolute atomic E-state index is 0. The van der Waals surface area contributed by atoms with Crippen LogP contribution in [0.1, 0.15) is 80.0 Å². The van der Waals surface area contributed by atoms with Crippen molar-refractivity contribution in [2.75, 3.05) is 4.90 Å². The maximum absolute atomic E-state index is 9.91. The van der Waals surface area contributed by atoms with Crippen molar-refractivity contribution in [3.8, 4) is 17.3 Å². The molecule has 1 atom stereocenters.